The average molecular weight is 263 g/mol. The SMILES string of the molecule is COc1ccc(C(C)CNC2CCCCC2O)cc1. The van der Waals surface area contributed by atoms with Crippen molar-refractivity contribution in [2.75, 3.05) is 13.7 Å². The quantitative estimate of drug-likeness (QED) is 0.858. The molecule has 0 aromatic heterocycles. The van der Waals surface area contributed by atoms with E-state index in [4.69, 9.17) is 4.74 Å². The van der Waals surface area contributed by atoms with Crippen LogP contribution in [0.2, 0.25) is 0 Å². The van der Waals surface area contributed by atoms with Crippen LogP contribution >= 0.6 is 0 Å². The fourth-order valence-corrected chi connectivity index (χ4v) is 2.73. The van der Waals surface area contributed by atoms with E-state index in [1.54, 1.807) is 7.11 Å². The van der Waals surface area contributed by atoms with Gasteiger partial charge in [-0.2, -0.15) is 0 Å². The average Bonchev–Trinajstić information content (AvgIpc) is 2.46. The first-order valence-corrected chi connectivity index (χ1v) is 7.26. The summed E-state index contributed by atoms with van der Waals surface area (Å²) in [6.07, 6.45) is 4.25. The maximum atomic E-state index is 9.94. The minimum Gasteiger partial charge on any atom is -0.497 e. The highest BCUT2D eigenvalue weighted by Crippen LogP contribution is 2.21. The van der Waals surface area contributed by atoms with Gasteiger partial charge in [-0.25, -0.2) is 0 Å². The molecule has 0 amide bonds. The highest BCUT2D eigenvalue weighted by atomic mass is 16.5. The summed E-state index contributed by atoms with van der Waals surface area (Å²) in [6.45, 7) is 3.12. The molecular formula is C16H25NO2. The van der Waals surface area contributed by atoms with Crippen LogP contribution in [0.1, 0.15) is 44.1 Å². The summed E-state index contributed by atoms with van der Waals surface area (Å²) in [7, 11) is 1.68. The van der Waals surface area contributed by atoms with Crippen LogP contribution in [0.5, 0.6) is 5.75 Å². The van der Waals surface area contributed by atoms with Crippen LogP contribution in [-0.2, 0) is 0 Å². The van der Waals surface area contributed by atoms with Gasteiger partial charge in [0, 0.05) is 12.6 Å². The number of benzene rings is 1. The molecule has 3 unspecified atom stereocenters. The van der Waals surface area contributed by atoms with Gasteiger partial charge in [0.05, 0.1) is 13.2 Å². The van der Waals surface area contributed by atoms with Crippen molar-refractivity contribution >= 4 is 0 Å². The van der Waals surface area contributed by atoms with Gasteiger partial charge in [-0.05, 0) is 36.5 Å². The summed E-state index contributed by atoms with van der Waals surface area (Å²) in [5.41, 5.74) is 1.30. The summed E-state index contributed by atoms with van der Waals surface area (Å²) in [4.78, 5) is 0. The van der Waals surface area contributed by atoms with Crippen LogP contribution in [0, 0.1) is 0 Å². The van der Waals surface area contributed by atoms with Gasteiger partial charge in [-0.1, -0.05) is 31.9 Å². The zero-order valence-electron chi connectivity index (χ0n) is 11.9. The van der Waals surface area contributed by atoms with Crippen LogP contribution in [0.4, 0.5) is 0 Å². The minimum atomic E-state index is -0.170. The topological polar surface area (TPSA) is 41.5 Å². The predicted molar refractivity (Wildman–Crippen MR) is 77.7 cm³/mol. The van der Waals surface area contributed by atoms with Gasteiger partial charge in [-0.3, -0.25) is 0 Å². The predicted octanol–water partition coefficient (Wildman–Crippen LogP) is 2.69. The molecule has 106 valence electrons. The standard InChI is InChI=1S/C16H25NO2/c1-12(13-7-9-14(19-2)10-8-13)11-17-15-5-3-4-6-16(15)18/h7-10,12,15-18H,3-6,11H2,1-2H3. The lowest BCUT2D eigenvalue weighted by molar-refractivity contribution is 0.0905. The smallest absolute Gasteiger partial charge is 0.118 e. The van der Waals surface area contributed by atoms with Crippen LogP contribution in [0.15, 0.2) is 24.3 Å². The molecule has 0 bridgehead atoms. The zero-order chi connectivity index (χ0) is 13.7. The lowest BCUT2D eigenvalue weighted by Crippen LogP contribution is -2.43. The first-order chi connectivity index (χ1) is 9.20. The van der Waals surface area contributed by atoms with Crippen LogP contribution in [0.25, 0.3) is 0 Å². The van der Waals surface area contributed by atoms with Gasteiger partial charge >= 0.3 is 0 Å². The van der Waals surface area contributed by atoms with E-state index in [-0.39, 0.29) is 12.1 Å². The number of methoxy groups -OCH3 is 1. The maximum Gasteiger partial charge on any atom is 0.118 e. The monoisotopic (exact) mass is 263 g/mol. The Balaban J connectivity index is 1.84. The Morgan fingerprint density at radius 3 is 2.58 bits per heavy atom. The highest BCUT2D eigenvalue weighted by Gasteiger charge is 2.22. The molecule has 0 aliphatic heterocycles. The molecule has 0 spiro atoms. The molecule has 0 radical (unpaired) electrons. The lowest BCUT2D eigenvalue weighted by Gasteiger charge is -2.29. The van der Waals surface area contributed by atoms with Crippen molar-refractivity contribution in [3.05, 3.63) is 29.8 Å². The third kappa shape index (κ3) is 3.95. The summed E-state index contributed by atoms with van der Waals surface area (Å²) < 4.78 is 5.17. The number of aliphatic hydroxyl groups is 1. The summed E-state index contributed by atoms with van der Waals surface area (Å²) in [5, 5.41) is 13.5. The number of aliphatic hydroxyl groups excluding tert-OH is 1. The van der Waals surface area contributed by atoms with Gasteiger partial charge in [0.1, 0.15) is 5.75 Å². The van der Waals surface area contributed by atoms with E-state index in [9.17, 15) is 5.11 Å². The molecule has 19 heavy (non-hydrogen) atoms. The third-order valence-corrected chi connectivity index (χ3v) is 4.10. The van der Waals surface area contributed by atoms with E-state index in [0.717, 1.165) is 31.6 Å². The normalized spacial score (nSPS) is 25.0. The summed E-state index contributed by atoms with van der Waals surface area (Å²) in [5.74, 6) is 1.34. The Labute approximate surface area is 116 Å². The molecule has 3 atom stereocenters. The Bertz CT molecular complexity index is 377. The second-order valence-corrected chi connectivity index (χ2v) is 5.54. The Kier molecular flexibility index (Phi) is 5.23. The van der Waals surface area contributed by atoms with E-state index in [2.05, 4.69) is 24.4 Å². The molecule has 1 fully saturated rings. The largest absolute Gasteiger partial charge is 0.497 e. The first-order valence-electron chi connectivity index (χ1n) is 7.26. The molecule has 0 saturated heterocycles. The molecule has 1 aliphatic carbocycles. The first kappa shape index (κ1) is 14.4. The Morgan fingerprint density at radius 1 is 1.26 bits per heavy atom. The number of ether oxygens (including phenoxy) is 1. The molecule has 3 nitrogen and oxygen atoms in total. The molecule has 1 aromatic carbocycles. The highest BCUT2D eigenvalue weighted by molar-refractivity contribution is 5.29. The van der Waals surface area contributed by atoms with Gasteiger partial charge in [0.2, 0.25) is 0 Å². The fraction of sp³-hybridized carbons (Fsp3) is 0.625. The van der Waals surface area contributed by atoms with Crippen molar-refractivity contribution in [2.24, 2.45) is 0 Å². The van der Waals surface area contributed by atoms with Crippen molar-refractivity contribution in [3.8, 4) is 5.75 Å². The molecule has 1 aromatic rings. The van der Waals surface area contributed by atoms with Crippen LogP contribution in [0.3, 0.4) is 0 Å². The van der Waals surface area contributed by atoms with Gasteiger partial charge in [-0.15, -0.1) is 0 Å². The van der Waals surface area contributed by atoms with E-state index in [1.807, 2.05) is 12.1 Å². The van der Waals surface area contributed by atoms with E-state index in [0.29, 0.717) is 5.92 Å². The van der Waals surface area contributed by atoms with E-state index in [1.165, 1.54) is 12.0 Å². The fourth-order valence-electron chi connectivity index (χ4n) is 2.73. The second-order valence-electron chi connectivity index (χ2n) is 5.54. The second kappa shape index (κ2) is 6.92. The number of hydrogen-bond acceptors (Lipinski definition) is 3. The minimum absolute atomic E-state index is 0.170. The van der Waals surface area contributed by atoms with Crippen molar-refractivity contribution < 1.29 is 9.84 Å². The molecule has 2 N–H and O–H groups in total. The van der Waals surface area contributed by atoms with Crippen LogP contribution < -0.4 is 10.1 Å². The number of rotatable bonds is 5. The maximum absolute atomic E-state index is 9.94. The van der Waals surface area contributed by atoms with Crippen molar-refractivity contribution in [1.29, 1.82) is 0 Å². The van der Waals surface area contributed by atoms with Gasteiger partial charge in [0.25, 0.3) is 0 Å². The molecule has 1 aliphatic rings. The van der Waals surface area contributed by atoms with Crippen molar-refractivity contribution in [1.82, 2.24) is 5.32 Å². The van der Waals surface area contributed by atoms with Gasteiger partial charge < -0.3 is 15.2 Å². The molecular weight excluding hydrogens is 238 g/mol. The number of nitrogens with one attached hydrogen (secondary N) is 1. The Morgan fingerprint density at radius 2 is 1.95 bits per heavy atom. The lowest BCUT2D eigenvalue weighted by atomic mass is 9.92. The van der Waals surface area contributed by atoms with Crippen molar-refractivity contribution in [3.63, 3.8) is 0 Å². The molecule has 1 saturated carbocycles. The van der Waals surface area contributed by atoms with E-state index < -0.39 is 0 Å². The molecule has 0 heterocycles. The van der Waals surface area contributed by atoms with Gasteiger partial charge in [0.15, 0.2) is 0 Å². The van der Waals surface area contributed by atoms with E-state index >= 15 is 0 Å². The molecule has 3 heteroatoms. The number of hydrogen-bond donors (Lipinski definition) is 2. The van der Waals surface area contributed by atoms with Crippen molar-refractivity contribution in [2.45, 2.75) is 50.7 Å². The Hall–Kier alpha value is -1.06. The zero-order valence-corrected chi connectivity index (χ0v) is 11.9. The van der Waals surface area contributed by atoms with Crippen LogP contribution in [-0.4, -0.2) is 30.9 Å². The molecule has 2 rings (SSSR count). The summed E-state index contributed by atoms with van der Waals surface area (Å²) in [6, 6.07) is 8.50. The third-order valence-electron chi connectivity index (χ3n) is 4.10. The summed E-state index contributed by atoms with van der Waals surface area (Å²) >= 11 is 0.